The maximum Gasteiger partial charge on any atom is 0.0881 e. The van der Waals surface area contributed by atoms with E-state index in [9.17, 15) is 0 Å². The summed E-state index contributed by atoms with van der Waals surface area (Å²) in [5.41, 5.74) is 11.0. The van der Waals surface area contributed by atoms with Crippen molar-refractivity contribution in [1.29, 1.82) is 0 Å². The molecule has 2 aromatic carbocycles. The second kappa shape index (κ2) is 4.78. The summed E-state index contributed by atoms with van der Waals surface area (Å²) in [5, 5.41) is 4.21. The van der Waals surface area contributed by atoms with Gasteiger partial charge in [-0.25, -0.2) is 0 Å². The molecule has 0 saturated carbocycles. The third-order valence-corrected chi connectivity index (χ3v) is 4.45. The predicted molar refractivity (Wildman–Crippen MR) is 90.5 cm³/mol. The molecule has 1 N–H and O–H groups in total. The quantitative estimate of drug-likeness (QED) is 0.806. The number of benzene rings is 2. The van der Waals surface area contributed by atoms with E-state index in [0.29, 0.717) is 0 Å². The van der Waals surface area contributed by atoms with E-state index in [-0.39, 0.29) is 0 Å². The zero-order valence-electron chi connectivity index (χ0n) is 13.2. The summed E-state index contributed by atoms with van der Waals surface area (Å²) in [6.07, 6.45) is 0. The third-order valence-electron chi connectivity index (χ3n) is 4.45. The first-order valence-electron chi connectivity index (χ1n) is 7.53. The Hall–Kier alpha value is -2.46. The maximum absolute atomic E-state index is 3.38. The highest BCUT2D eigenvalue weighted by Gasteiger charge is 2.31. The zero-order chi connectivity index (χ0) is 15.3. The SMILES string of the molecule is CN1NN(C)C2=C1c1ccccc1CN(C)c1ccccc12. The van der Waals surface area contributed by atoms with Crippen LogP contribution in [0.1, 0.15) is 16.7 Å². The van der Waals surface area contributed by atoms with Crippen LogP contribution >= 0.6 is 0 Å². The molecule has 112 valence electrons. The average molecular weight is 292 g/mol. The Balaban J connectivity index is 2.08. The number of nitrogens with zero attached hydrogens (tertiary/aromatic N) is 3. The lowest BCUT2D eigenvalue weighted by Gasteiger charge is -2.28. The summed E-state index contributed by atoms with van der Waals surface area (Å²) in [5.74, 6) is 0. The van der Waals surface area contributed by atoms with Crippen LogP contribution in [0.5, 0.6) is 0 Å². The molecule has 0 aromatic heterocycles. The fourth-order valence-corrected chi connectivity index (χ4v) is 3.50. The Morgan fingerprint density at radius 1 is 0.773 bits per heavy atom. The minimum Gasteiger partial charge on any atom is -0.370 e. The number of hydrazine groups is 2. The molecule has 4 heteroatoms. The summed E-state index contributed by atoms with van der Waals surface area (Å²) in [7, 11) is 6.30. The first-order chi connectivity index (χ1) is 10.7. The summed E-state index contributed by atoms with van der Waals surface area (Å²) in [4.78, 5) is 2.32. The lowest BCUT2D eigenvalue weighted by atomic mass is 9.96. The van der Waals surface area contributed by atoms with Crippen molar-refractivity contribution in [3.05, 3.63) is 65.2 Å². The van der Waals surface area contributed by atoms with Crippen LogP contribution in [0.3, 0.4) is 0 Å². The van der Waals surface area contributed by atoms with Gasteiger partial charge in [0.05, 0.1) is 11.4 Å². The molecule has 2 heterocycles. The van der Waals surface area contributed by atoms with Gasteiger partial charge < -0.3 is 4.90 Å². The number of para-hydroxylation sites is 1. The summed E-state index contributed by atoms with van der Waals surface area (Å²) >= 11 is 0. The molecule has 2 aliphatic heterocycles. The lowest BCUT2D eigenvalue weighted by molar-refractivity contribution is 0.206. The van der Waals surface area contributed by atoms with E-state index in [1.807, 2.05) is 0 Å². The number of fused-ring (bicyclic) bond motifs is 4. The first kappa shape index (κ1) is 13.2. The number of hydrogen-bond acceptors (Lipinski definition) is 4. The molecule has 0 saturated heterocycles. The highest BCUT2D eigenvalue weighted by atomic mass is 15.8. The van der Waals surface area contributed by atoms with Gasteiger partial charge in [-0.3, -0.25) is 10.0 Å². The van der Waals surface area contributed by atoms with Gasteiger partial charge in [0.15, 0.2) is 0 Å². The van der Waals surface area contributed by atoms with Crippen molar-refractivity contribution in [2.45, 2.75) is 6.54 Å². The van der Waals surface area contributed by atoms with Crippen molar-refractivity contribution in [3.8, 4) is 0 Å². The van der Waals surface area contributed by atoms with Crippen LogP contribution in [0, 0.1) is 0 Å². The van der Waals surface area contributed by atoms with Crippen molar-refractivity contribution in [2.75, 3.05) is 26.0 Å². The molecule has 0 aliphatic carbocycles. The number of anilines is 1. The molecule has 22 heavy (non-hydrogen) atoms. The van der Waals surface area contributed by atoms with Gasteiger partial charge in [-0.15, -0.1) is 5.53 Å². The van der Waals surface area contributed by atoms with Crippen molar-refractivity contribution in [1.82, 2.24) is 15.6 Å². The normalized spacial score (nSPS) is 17.0. The second-order valence-electron chi connectivity index (χ2n) is 5.95. The monoisotopic (exact) mass is 292 g/mol. The molecule has 0 fully saturated rings. The smallest absolute Gasteiger partial charge is 0.0881 e. The molecule has 2 aromatic rings. The molecule has 0 radical (unpaired) electrons. The van der Waals surface area contributed by atoms with Crippen LogP contribution in [-0.2, 0) is 6.54 Å². The Labute approximate surface area is 131 Å². The largest absolute Gasteiger partial charge is 0.370 e. The Kier molecular flexibility index (Phi) is 2.87. The van der Waals surface area contributed by atoms with Crippen LogP contribution < -0.4 is 10.4 Å². The van der Waals surface area contributed by atoms with E-state index in [0.717, 1.165) is 6.54 Å². The summed E-state index contributed by atoms with van der Waals surface area (Å²) < 4.78 is 0. The van der Waals surface area contributed by atoms with Crippen molar-refractivity contribution >= 4 is 17.1 Å². The Morgan fingerprint density at radius 2 is 1.36 bits per heavy atom. The topological polar surface area (TPSA) is 21.8 Å². The first-order valence-corrected chi connectivity index (χ1v) is 7.53. The van der Waals surface area contributed by atoms with E-state index in [1.54, 1.807) is 0 Å². The van der Waals surface area contributed by atoms with Gasteiger partial charge in [-0.05, 0) is 11.6 Å². The van der Waals surface area contributed by atoms with E-state index in [1.165, 1.54) is 33.8 Å². The van der Waals surface area contributed by atoms with Crippen LogP contribution in [0.25, 0.3) is 11.4 Å². The van der Waals surface area contributed by atoms with Gasteiger partial charge >= 0.3 is 0 Å². The average Bonchev–Trinajstić information content (AvgIpc) is 2.80. The summed E-state index contributed by atoms with van der Waals surface area (Å²) in [6.45, 7) is 0.904. The van der Waals surface area contributed by atoms with Crippen molar-refractivity contribution < 1.29 is 0 Å². The molecular formula is C18H20N4. The number of nitrogens with one attached hydrogen (secondary N) is 1. The van der Waals surface area contributed by atoms with E-state index >= 15 is 0 Å². The Bertz CT molecular complexity index is 765. The van der Waals surface area contributed by atoms with Gasteiger partial charge in [0.1, 0.15) is 0 Å². The van der Waals surface area contributed by atoms with E-state index in [2.05, 4.69) is 90.1 Å². The van der Waals surface area contributed by atoms with Crippen LogP contribution in [-0.4, -0.2) is 31.2 Å². The standard InChI is InChI=1S/C18H20N4/c1-20-12-13-8-4-5-9-14(13)17-18(22(3)19-21(17)2)15-10-6-7-11-16(15)20/h4-11,19H,12H2,1-3H3. The molecule has 2 aliphatic rings. The minimum atomic E-state index is 0.904. The van der Waals surface area contributed by atoms with E-state index in [4.69, 9.17) is 0 Å². The highest BCUT2D eigenvalue weighted by molar-refractivity contribution is 5.95. The van der Waals surface area contributed by atoms with Gasteiger partial charge in [0.25, 0.3) is 0 Å². The molecule has 0 unspecified atom stereocenters. The fourth-order valence-electron chi connectivity index (χ4n) is 3.50. The van der Waals surface area contributed by atoms with Crippen LogP contribution in [0.15, 0.2) is 48.5 Å². The molecule has 0 atom stereocenters. The lowest BCUT2D eigenvalue weighted by Crippen LogP contribution is -2.36. The molecule has 0 bridgehead atoms. The molecule has 4 rings (SSSR count). The highest BCUT2D eigenvalue weighted by Crippen LogP contribution is 2.41. The zero-order valence-corrected chi connectivity index (χ0v) is 13.2. The molecule has 4 nitrogen and oxygen atoms in total. The predicted octanol–water partition coefficient (Wildman–Crippen LogP) is 2.76. The number of hydrogen-bond donors (Lipinski definition) is 1. The van der Waals surface area contributed by atoms with Gasteiger partial charge in [0, 0.05) is 44.5 Å². The number of rotatable bonds is 0. The van der Waals surface area contributed by atoms with E-state index < -0.39 is 0 Å². The molecular weight excluding hydrogens is 272 g/mol. The third kappa shape index (κ3) is 1.81. The van der Waals surface area contributed by atoms with Crippen molar-refractivity contribution in [2.24, 2.45) is 0 Å². The second-order valence-corrected chi connectivity index (χ2v) is 5.95. The van der Waals surface area contributed by atoms with Crippen LogP contribution in [0.4, 0.5) is 5.69 Å². The van der Waals surface area contributed by atoms with Crippen molar-refractivity contribution in [3.63, 3.8) is 0 Å². The summed E-state index contributed by atoms with van der Waals surface area (Å²) in [6, 6.07) is 17.3. The molecule has 0 amide bonds. The van der Waals surface area contributed by atoms with Gasteiger partial charge in [0.2, 0.25) is 0 Å². The van der Waals surface area contributed by atoms with Gasteiger partial charge in [-0.2, -0.15) is 0 Å². The maximum atomic E-state index is 3.38. The molecule has 0 spiro atoms. The van der Waals surface area contributed by atoms with Crippen LogP contribution in [0.2, 0.25) is 0 Å². The van der Waals surface area contributed by atoms with Gasteiger partial charge in [-0.1, -0.05) is 42.5 Å². The fraction of sp³-hybridized carbons (Fsp3) is 0.222. The Morgan fingerprint density at radius 3 is 2.14 bits per heavy atom. The minimum absolute atomic E-state index is 0.904.